The number of H-pyrrole nitrogens is 3. The monoisotopic (exact) mass is 1170 g/mol. The van der Waals surface area contributed by atoms with E-state index in [1.54, 1.807) is 26.0 Å². The van der Waals surface area contributed by atoms with Crippen molar-refractivity contribution in [2.24, 2.45) is 0 Å². The van der Waals surface area contributed by atoms with Crippen molar-refractivity contribution in [3.8, 4) is 33.4 Å². The molecule has 12 rings (SSSR count). The van der Waals surface area contributed by atoms with Crippen LogP contribution in [0.2, 0.25) is 15.1 Å². The maximum Gasteiger partial charge on any atom is 0.229 e. The fourth-order valence-electron chi connectivity index (χ4n) is 9.26. The smallest absolute Gasteiger partial charge is 0.229 e. The second-order valence-electron chi connectivity index (χ2n) is 19.5. The molecular formula is C68H54Cl3N7O4S. The molecule has 0 radical (unpaired) electrons. The summed E-state index contributed by atoms with van der Waals surface area (Å²) in [6.07, 6.45) is 12.4. The van der Waals surface area contributed by atoms with Crippen LogP contribution in [-0.4, -0.2) is 55.5 Å². The van der Waals surface area contributed by atoms with Crippen LogP contribution >= 0.6 is 34.8 Å². The minimum Gasteiger partial charge on any atom is -0.389 e. The number of hydrogen-bond donors (Lipinski definition) is 5. The molecule has 412 valence electrons. The van der Waals surface area contributed by atoms with Gasteiger partial charge < -0.3 is 20.1 Å². The fourth-order valence-corrected chi connectivity index (χ4v) is 10.2. The number of aliphatic hydroxyl groups excluding tert-OH is 1. The summed E-state index contributed by atoms with van der Waals surface area (Å²) in [6.45, 7) is 3.38. The number of halogens is 3. The van der Waals surface area contributed by atoms with Crippen molar-refractivity contribution in [1.82, 2.24) is 29.9 Å². The summed E-state index contributed by atoms with van der Waals surface area (Å²) < 4.78 is 25.9. The Bertz CT molecular complexity index is 4490. The molecule has 0 saturated heterocycles. The maximum atomic E-state index is 11.9. The van der Waals surface area contributed by atoms with E-state index in [1.165, 1.54) is 0 Å². The lowest BCUT2D eigenvalue weighted by Gasteiger charge is -2.11. The van der Waals surface area contributed by atoms with Gasteiger partial charge in [-0.2, -0.15) is 0 Å². The molecule has 0 amide bonds. The largest absolute Gasteiger partial charge is 0.389 e. The van der Waals surface area contributed by atoms with Crippen LogP contribution in [0.1, 0.15) is 70.0 Å². The van der Waals surface area contributed by atoms with Gasteiger partial charge in [-0.05, 0) is 161 Å². The molecule has 0 fully saturated rings. The van der Waals surface area contributed by atoms with Crippen molar-refractivity contribution >= 4 is 126 Å². The van der Waals surface area contributed by atoms with Crippen LogP contribution in [0.4, 0.5) is 5.69 Å². The zero-order chi connectivity index (χ0) is 58.0. The third kappa shape index (κ3) is 14.9. The molecule has 0 saturated carbocycles. The maximum absolute atomic E-state index is 11.9. The first-order valence-electron chi connectivity index (χ1n) is 26.3. The third-order valence-electron chi connectivity index (χ3n) is 13.3. The fraction of sp³-hybridized carbons (Fsp3) is 0.0588. The zero-order valence-corrected chi connectivity index (χ0v) is 48.2. The number of Topliss-reactive ketones (excluding diaryl/α,β-unsaturated/α-hetero) is 1. The number of imidazole rings is 3. The average Bonchev–Trinajstić information content (AvgIpc) is 4.26. The topological polar surface area (TPSA) is 170 Å². The quantitative estimate of drug-likeness (QED) is 0.0716. The van der Waals surface area contributed by atoms with Gasteiger partial charge in [-0.25, -0.2) is 23.4 Å². The van der Waals surface area contributed by atoms with E-state index in [4.69, 9.17) is 34.8 Å². The van der Waals surface area contributed by atoms with Gasteiger partial charge in [-0.1, -0.05) is 174 Å². The molecule has 0 aliphatic heterocycles. The second kappa shape index (κ2) is 25.8. The van der Waals surface area contributed by atoms with Gasteiger partial charge in [0.25, 0.3) is 0 Å². The lowest BCUT2D eigenvalue weighted by molar-refractivity contribution is 0.101. The second-order valence-corrected chi connectivity index (χ2v) is 22.6. The van der Waals surface area contributed by atoms with E-state index in [-0.39, 0.29) is 5.78 Å². The number of hydrogen-bond acceptors (Lipinski definition) is 7. The van der Waals surface area contributed by atoms with Gasteiger partial charge in [0.15, 0.2) is 5.78 Å². The van der Waals surface area contributed by atoms with E-state index < -0.39 is 16.1 Å². The average molecular weight is 1170 g/mol. The summed E-state index contributed by atoms with van der Waals surface area (Å²) in [5.41, 5.74) is 16.4. The Hall–Kier alpha value is -9.14. The number of carbonyl (C=O) groups is 1. The normalized spacial score (nSPS) is 12.0. The number of para-hydroxylation sites is 1. The predicted molar refractivity (Wildman–Crippen MR) is 345 cm³/mol. The molecule has 9 aromatic carbocycles. The molecular weight excluding hydrogens is 1120 g/mol. The highest BCUT2D eigenvalue weighted by atomic mass is 35.5. The van der Waals surface area contributed by atoms with Crippen LogP contribution in [0, 0.1) is 0 Å². The van der Waals surface area contributed by atoms with E-state index in [1.807, 2.05) is 218 Å². The number of nitrogens with zero attached hydrogens (tertiary/aromatic N) is 3. The van der Waals surface area contributed by atoms with Crippen LogP contribution in [0.5, 0.6) is 0 Å². The Labute approximate surface area is 495 Å². The molecule has 5 N–H and O–H groups in total. The number of benzene rings is 9. The Morgan fingerprint density at radius 3 is 1.25 bits per heavy atom. The number of sulfonamides is 1. The first-order chi connectivity index (χ1) is 40.1. The third-order valence-corrected chi connectivity index (χ3v) is 14.6. The summed E-state index contributed by atoms with van der Waals surface area (Å²) in [7, 11) is -3.37. The van der Waals surface area contributed by atoms with Crippen molar-refractivity contribution in [3.63, 3.8) is 0 Å². The highest BCUT2D eigenvalue weighted by Gasteiger charge is 2.14. The molecule has 0 bridgehead atoms. The lowest BCUT2D eigenvalue weighted by Crippen LogP contribution is -2.10. The molecule has 0 spiro atoms. The lowest BCUT2D eigenvalue weighted by atomic mass is 9.96. The Kier molecular flexibility index (Phi) is 17.7. The predicted octanol–water partition coefficient (Wildman–Crippen LogP) is 17.8. The van der Waals surface area contributed by atoms with Crippen molar-refractivity contribution in [2.45, 2.75) is 20.0 Å². The number of nitrogens with one attached hydrogen (secondary N) is 4. The van der Waals surface area contributed by atoms with Crippen molar-refractivity contribution < 1.29 is 18.3 Å². The number of aromatic amines is 3. The number of carbonyl (C=O) groups excluding carboxylic acids is 1. The SMILES string of the molecule is CC(=O)c1ccccc1-c1ccc2nc(/C=C/c3ccc(Cl)cc3)[nH]c2c1.CC(O)c1ccccc1-c1ccc2nc(/C=C/c3ccc(Cl)cc3)[nH]c2c1.CS(=O)(=O)Nc1ccccc1-c1ccc2nc(/C=C/c3ccc(Cl)cc3)[nH]c2c1. The Balaban J connectivity index is 0.000000139. The molecule has 3 aromatic heterocycles. The van der Waals surface area contributed by atoms with Gasteiger partial charge in [0.05, 0.1) is 51.1 Å². The van der Waals surface area contributed by atoms with E-state index in [2.05, 4.69) is 40.7 Å². The number of fused-ring (bicyclic) bond motifs is 3. The molecule has 0 aliphatic carbocycles. The van der Waals surface area contributed by atoms with E-state index in [0.717, 1.165) is 123 Å². The van der Waals surface area contributed by atoms with Crippen molar-refractivity contribution in [2.75, 3.05) is 11.0 Å². The molecule has 83 heavy (non-hydrogen) atoms. The summed E-state index contributed by atoms with van der Waals surface area (Å²) in [4.78, 5) is 35.7. The van der Waals surface area contributed by atoms with E-state index >= 15 is 0 Å². The summed E-state index contributed by atoms with van der Waals surface area (Å²) in [6, 6.07) is 63.6. The van der Waals surface area contributed by atoms with E-state index in [9.17, 15) is 18.3 Å². The van der Waals surface area contributed by atoms with Crippen molar-refractivity contribution in [1.29, 1.82) is 0 Å². The van der Waals surface area contributed by atoms with Gasteiger partial charge in [-0.15, -0.1) is 0 Å². The summed E-state index contributed by atoms with van der Waals surface area (Å²) in [5.74, 6) is 2.36. The van der Waals surface area contributed by atoms with Gasteiger partial charge in [0.2, 0.25) is 10.0 Å². The molecule has 1 unspecified atom stereocenters. The number of aliphatic hydroxyl groups is 1. The van der Waals surface area contributed by atoms with Gasteiger partial charge >= 0.3 is 0 Å². The van der Waals surface area contributed by atoms with Crippen LogP contribution in [0.25, 0.3) is 103 Å². The van der Waals surface area contributed by atoms with Gasteiger partial charge in [0.1, 0.15) is 17.5 Å². The number of ketones is 1. The number of aromatic nitrogens is 6. The molecule has 0 aliphatic rings. The zero-order valence-electron chi connectivity index (χ0n) is 45.1. The summed E-state index contributed by atoms with van der Waals surface area (Å²) in [5, 5.41) is 12.2. The van der Waals surface area contributed by atoms with Crippen LogP contribution in [0.15, 0.2) is 200 Å². The number of anilines is 1. The number of rotatable bonds is 13. The van der Waals surface area contributed by atoms with Gasteiger partial charge in [0, 0.05) is 26.2 Å². The molecule has 3 heterocycles. The minimum absolute atomic E-state index is 0.0573. The minimum atomic E-state index is -3.37. The molecule has 12 aromatic rings. The standard InChI is InChI=1S/C23H19ClN2O.C23H17ClN2O.C22H18ClN3O2S/c2*1-15(27)19-4-2-3-5-20(19)17-9-12-21-22(14-17)26-23(25-21)13-8-16-6-10-18(24)11-7-16;1-29(27,28)26-19-5-3-2-4-18(19)16-9-12-20-21(14-16)25-22(24-20)13-8-15-6-10-17(23)11-7-15/h2-15,27H,1H3,(H,25,26);2-14H,1H3,(H,25,26);2-14,26H,1H3,(H,24,25)/b3*13-8+. The highest BCUT2D eigenvalue weighted by Crippen LogP contribution is 2.33. The Morgan fingerprint density at radius 2 is 0.843 bits per heavy atom. The van der Waals surface area contributed by atoms with Crippen LogP contribution in [0.3, 0.4) is 0 Å². The van der Waals surface area contributed by atoms with Crippen LogP contribution < -0.4 is 4.72 Å². The Morgan fingerprint density at radius 1 is 0.482 bits per heavy atom. The van der Waals surface area contributed by atoms with Gasteiger partial charge in [-0.3, -0.25) is 9.52 Å². The molecule has 11 nitrogen and oxygen atoms in total. The highest BCUT2D eigenvalue weighted by molar-refractivity contribution is 7.92. The van der Waals surface area contributed by atoms with Crippen LogP contribution in [-0.2, 0) is 10.0 Å². The van der Waals surface area contributed by atoms with E-state index in [0.29, 0.717) is 15.7 Å². The first kappa shape index (κ1) is 57.1. The summed E-state index contributed by atoms with van der Waals surface area (Å²) >= 11 is 17.7. The first-order valence-corrected chi connectivity index (χ1v) is 29.4. The molecule has 15 heteroatoms. The molecule has 1 atom stereocenters. The van der Waals surface area contributed by atoms with Crippen molar-refractivity contribution in [3.05, 3.63) is 261 Å².